The Balaban J connectivity index is 1.61. The van der Waals surface area contributed by atoms with E-state index in [1.54, 1.807) is 17.7 Å². The molecule has 170 valence electrons. The molecular formula is C21H16ClF3N6O2. The van der Waals surface area contributed by atoms with Gasteiger partial charge >= 0.3 is 6.18 Å². The number of carbonyl (C=O) groups is 1. The lowest BCUT2D eigenvalue weighted by Gasteiger charge is -2.10. The third kappa shape index (κ3) is 4.58. The Kier molecular flexibility index (Phi) is 5.90. The molecule has 0 atom stereocenters. The van der Waals surface area contributed by atoms with Gasteiger partial charge in [-0.25, -0.2) is 19.6 Å². The van der Waals surface area contributed by atoms with Crippen LogP contribution in [0.2, 0.25) is 5.02 Å². The van der Waals surface area contributed by atoms with Crippen LogP contribution in [0.4, 0.5) is 18.9 Å². The predicted molar refractivity (Wildman–Crippen MR) is 114 cm³/mol. The number of nitrogens with zero attached hydrogens (tertiary/aromatic N) is 5. The van der Waals surface area contributed by atoms with Gasteiger partial charge in [0.25, 0.3) is 5.91 Å². The minimum atomic E-state index is -4.46. The predicted octanol–water partition coefficient (Wildman–Crippen LogP) is 4.51. The van der Waals surface area contributed by atoms with Crippen LogP contribution < -0.4 is 10.1 Å². The second-order valence-electron chi connectivity index (χ2n) is 7.01. The van der Waals surface area contributed by atoms with Gasteiger partial charge < -0.3 is 10.1 Å². The van der Waals surface area contributed by atoms with Crippen molar-refractivity contribution in [2.75, 3.05) is 12.4 Å². The molecule has 0 aliphatic rings. The molecule has 0 aliphatic carbocycles. The number of ether oxygens (including phenoxy) is 1. The molecule has 33 heavy (non-hydrogen) atoms. The van der Waals surface area contributed by atoms with Crippen molar-refractivity contribution in [2.24, 2.45) is 0 Å². The smallest absolute Gasteiger partial charge is 0.416 e. The van der Waals surface area contributed by atoms with Crippen LogP contribution in [0.5, 0.6) is 5.88 Å². The number of hydrogen-bond donors (Lipinski definition) is 1. The summed E-state index contributed by atoms with van der Waals surface area (Å²) in [5.41, 5.74) is 1.07. The summed E-state index contributed by atoms with van der Waals surface area (Å²) < 4.78 is 44.9. The number of carbonyl (C=O) groups excluding carboxylic acids is 1. The zero-order valence-corrected chi connectivity index (χ0v) is 18.1. The quantitative estimate of drug-likeness (QED) is 0.455. The van der Waals surface area contributed by atoms with Crippen LogP contribution in [0.15, 0.2) is 42.9 Å². The number of amides is 1. The molecule has 4 rings (SSSR count). The average Bonchev–Trinajstić information content (AvgIpc) is 3.09. The van der Waals surface area contributed by atoms with Crippen molar-refractivity contribution >= 4 is 34.2 Å². The van der Waals surface area contributed by atoms with Gasteiger partial charge in [0.1, 0.15) is 6.33 Å². The van der Waals surface area contributed by atoms with E-state index in [-0.39, 0.29) is 22.8 Å². The fourth-order valence-electron chi connectivity index (χ4n) is 3.21. The SMILES string of the molecule is COc1cc(Cn2nc(C)c3c(Cl)c(C(=O)Nc4ccc(C(F)(F)F)cc4)cnc32)ncn1. The van der Waals surface area contributed by atoms with Gasteiger partial charge in [-0.2, -0.15) is 18.3 Å². The van der Waals surface area contributed by atoms with E-state index in [1.807, 2.05) is 0 Å². The summed E-state index contributed by atoms with van der Waals surface area (Å²) in [6.07, 6.45) is -1.80. The number of aryl methyl sites for hydroxylation is 1. The number of halogens is 4. The number of anilines is 1. The third-order valence-corrected chi connectivity index (χ3v) is 5.20. The van der Waals surface area contributed by atoms with Gasteiger partial charge in [0.2, 0.25) is 5.88 Å². The summed E-state index contributed by atoms with van der Waals surface area (Å²) in [5.74, 6) is -0.205. The number of pyridine rings is 1. The number of fused-ring (bicyclic) bond motifs is 1. The molecule has 12 heteroatoms. The topological polar surface area (TPSA) is 94.8 Å². The minimum absolute atomic E-state index is 0.0652. The van der Waals surface area contributed by atoms with E-state index in [0.717, 1.165) is 12.1 Å². The largest absolute Gasteiger partial charge is 0.481 e. The van der Waals surface area contributed by atoms with Crippen LogP contribution in [-0.4, -0.2) is 37.7 Å². The first-order chi connectivity index (χ1) is 15.7. The van der Waals surface area contributed by atoms with Crippen LogP contribution in [0.25, 0.3) is 11.0 Å². The fraction of sp³-hybridized carbons (Fsp3) is 0.190. The molecule has 0 radical (unpaired) electrons. The van der Waals surface area contributed by atoms with Crippen LogP contribution in [0, 0.1) is 6.92 Å². The normalized spacial score (nSPS) is 11.6. The molecule has 1 aromatic carbocycles. The molecule has 0 bridgehead atoms. The number of alkyl halides is 3. The molecule has 1 amide bonds. The van der Waals surface area contributed by atoms with E-state index in [9.17, 15) is 18.0 Å². The molecule has 0 saturated heterocycles. The Bertz CT molecular complexity index is 1340. The van der Waals surface area contributed by atoms with Crippen molar-refractivity contribution in [3.05, 3.63) is 70.4 Å². The maximum atomic E-state index is 12.7. The number of nitrogens with one attached hydrogen (secondary N) is 1. The Morgan fingerprint density at radius 2 is 1.91 bits per heavy atom. The zero-order valence-electron chi connectivity index (χ0n) is 17.3. The highest BCUT2D eigenvalue weighted by atomic mass is 35.5. The summed E-state index contributed by atoms with van der Waals surface area (Å²) in [7, 11) is 1.50. The second kappa shape index (κ2) is 8.66. The fourth-order valence-corrected chi connectivity index (χ4v) is 3.57. The lowest BCUT2D eigenvalue weighted by Crippen LogP contribution is -2.14. The van der Waals surface area contributed by atoms with E-state index < -0.39 is 17.6 Å². The van der Waals surface area contributed by atoms with Crippen molar-refractivity contribution in [3.63, 3.8) is 0 Å². The Hall–Kier alpha value is -3.73. The molecule has 0 aliphatic heterocycles. The maximum absolute atomic E-state index is 12.7. The highest BCUT2D eigenvalue weighted by Gasteiger charge is 2.30. The highest BCUT2D eigenvalue weighted by Crippen LogP contribution is 2.31. The van der Waals surface area contributed by atoms with Crippen LogP contribution in [-0.2, 0) is 12.7 Å². The molecule has 0 fully saturated rings. The standard InChI is InChI=1S/C21H16ClF3N6O2/c1-11-17-18(22)15(20(32)29-13-5-3-12(4-6-13)21(23,24)25)8-26-19(17)31(30-11)9-14-7-16(33-2)28-10-27-14/h3-8,10H,9H2,1-2H3,(H,29,32). The molecule has 8 nitrogen and oxygen atoms in total. The zero-order chi connectivity index (χ0) is 23.8. The Morgan fingerprint density at radius 3 is 2.58 bits per heavy atom. The number of methoxy groups -OCH3 is 1. The third-order valence-electron chi connectivity index (χ3n) is 4.81. The summed E-state index contributed by atoms with van der Waals surface area (Å²) >= 11 is 6.51. The summed E-state index contributed by atoms with van der Waals surface area (Å²) in [4.78, 5) is 25.2. The van der Waals surface area contributed by atoms with Crippen molar-refractivity contribution in [3.8, 4) is 5.88 Å². The van der Waals surface area contributed by atoms with E-state index in [4.69, 9.17) is 16.3 Å². The highest BCUT2D eigenvalue weighted by molar-refractivity contribution is 6.39. The first-order valence-corrected chi connectivity index (χ1v) is 9.90. The Labute approximate surface area is 190 Å². The van der Waals surface area contributed by atoms with Crippen molar-refractivity contribution in [2.45, 2.75) is 19.6 Å². The van der Waals surface area contributed by atoms with Crippen LogP contribution in [0.1, 0.15) is 27.3 Å². The van der Waals surface area contributed by atoms with Crippen molar-refractivity contribution in [1.82, 2.24) is 24.7 Å². The molecule has 3 heterocycles. The monoisotopic (exact) mass is 476 g/mol. The number of benzene rings is 1. The molecule has 0 saturated carbocycles. The van der Waals surface area contributed by atoms with Gasteiger partial charge in [-0.05, 0) is 31.2 Å². The van der Waals surface area contributed by atoms with E-state index in [2.05, 4.69) is 25.4 Å². The van der Waals surface area contributed by atoms with Gasteiger partial charge in [0.15, 0.2) is 5.65 Å². The Morgan fingerprint density at radius 1 is 1.18 bits per heavy atom. The average molecular weight is 477 g/mol. The van der Waals surface area contributed by atoms with E-state index >= 15 is 0 Å². The minimum Gasteiger partial charge on any atom is -0.481 e. The molecule has 4 aromatic rings. The van der Waals surface area contributed by atoms with Gasteiger partial charge in [-0.1, -0.05) is 11.6 Å². The first-order valence-electron chi connectivity index (χ1n) is 9.52. The molecular weight excluding hydrogens is 461 g/mol. The van der Waals surface area contributed by atoms with Gasteiger partial charge in [-0.3, -0.25) is 4.79 Å². The van der Waals surface area contributed by atoms with E-state index in [0.29, 0.717) is 28.3 Å². The maximum Gasteiger partial charge on any atom is 0.416 e. The lowest BCUT2D eigenvalue weighted by molar-refractivity contribution is -0.137. The van der Waals surface area contributed by atoms with Crippen LogP contribution >= 0.6 is 11.6 Å². The number of aromatic nitrogens is 5. The van der Waals surface area contributed by atoms with E-state index in [1.165, 1.54) is 31.8 Å². The molecule has 0 spiro atoms. The lowest BCUT2D eigenvalue weighted by atomic mass is 10.1. The first kappa shape index (κ1) is 22.5. The van der Waals surface area contributed by atoms with Crippen molar-refractivity contribution < 1.29 is 22.7 Å². The van der Waals surface area contributed by atoms with Gasteiger partial charge in [-0.15, -0.1) is 0 Å². The summed E-state index contributed by atoms with van der Waals surface area (Å²) in [6, 6.07) is 5.76. The molecule has 3 aromatic heterocycles. The summed E-state index contributed by atoms with van der Waals surface area (Å²) in [6.45, 7) is 1.99. The number of hydrogen-bond acceptors (Lipinski definition) is 6. The van der Waals surface area contributed by atoms with Gasteiger partial charge in [0, 0.05) is 18.0 Å². The van der Waals surface area contributed by atoms with Crippen molar-refractivity contribution in [1.29, 1.82) is 0 Å². The molecule has 1 N–H and O–H groups in total. The number of rotatable bonds is 5. The van der Waals surface area contributed by atoms with Crippen LogP contribution in [0.3, 0.4) is 0 Å². The van der Waals surface area contributed by atoms with Gasteiger partial charge in [0.05, 0.1) is 46.6 Å². The second-order valence-corrected chi connectivity index (χ2v) is 7.39. The summed E-state index contributed by atoms with van der Waals surface area (Å²) in [5, 5.41) is 7.60. The molecule has 0 unspecified atom stereocenters.